The van der Waals surface area contributed by atoms with E-state index in [1.54, 1.807) is 10.6 Å². The zero-order chi connectivity index (χ0) is 20.5. The van der Waals surface area contributed by atoms with Gasteiger partial charge in [0.25, 0.3) is 5.91 Å². The molecule has 0 radical (unpaired) electrons. The summed E-state index contributed by atoms with van der Waals surface area (Å²) in [7, 11) is 0. The number of nitrogens with one attached hydrogen (secondary N) is 2. The summed E-state index contributed by atoms with van der Waals surface area (Å²) in [5.74, 6) is -0.771. The van der Waals surface area contributed by atoms with Gasteiger partial charge in [-0.3, -0.25) is 9.59 Å². The monoisotopic (exact) mass is 395 g/mol. The van der Waals surface area contributed by atoms with Gasteiger partial charge < -0.3 is 16.4 Å². The molecular formula is C21H22FN5O2. The van der Waals surface area contributed by atoms with Crippen molar-refractivity contribution in [3.63, 3.8) is 0 Å². The van der Waals surface area contributed by atoms with Crippen molar-refractivity contribution in [2.75, 3.05) is 10.6 Å². The van der Waals surface area contributed by atoms with Crippen molar-refractivity contribution in [3.05, 3.63) is 48.3 Å². The van der Waals surface area contributed by atoms with Crippen molar-refractivity contribution in [1.82, 2.24) is 9.61 Å². The van der Waals surface area contributed by atoms with Crippen LogP contribution in [0.2, 0.25) is 0 Å². The Labute approximate surface area is 167 Å². The first kappa shape index (κ1) is 18.9. The van der Waals surface area contributed by atoms with Gasteiger partial charge in [-0.05, 0) is 43.0 Å². The summed E-state index contributed by atoms with van der Waals surface area (Å²) in [6, 6.07) is 8.93. The number of benzene rings is 1. The number of hydrogen-bond acceptors (Lipinski definition) is 4. The number of halogens is 1. The predicted molar refractivity (Wildman–Crippen MR) is 110 cm³/mol. The van der Waals surface area contributed by atoms with E-state index in [9.17, 15) is 14.0 Å². The van der Waals surface area contributed by atoms with Gasteiger partial charge in [-0.2, -0.15) is 5.10 Å². The Morgan fingerprint density at radius 1 is 1.24 bits per heavy atom. The smallest absolute Gasteiger partial charge is 0.252 e. The molecular weight excluding hydrogens is 373 g/mol. The first-order valence-corrected chi connectivity index (χ1v) is 9.52. The van der Waals surface area contributed by atoms with Gasteiger partial charge in [-0.1, -0.05) is 12.1 Å². The minimum absolute atomic E-state index is 0.152. The van der Waals surface area contributed by atoms with E-state index in [4.69, 9.17) is 5.73 Å². The number of nitrogens with two attached hydrogens (primary N) is 1. The van der Waals surface area contributed by atoms with Gasteiger partial charge in [0.2, 0.25) is 5.91 Å². The molecule has 0 aliphatic heterocycles. The highest BCUT2D eigenvalue weighted by atomic mass is 19.1. The zero-order valence-electron chi connectivity index (χ0n) is 16.0. The molecule has 29 heavy (non-hydrogen) atoms. The summed E-state index contributed by atoms with van der Waals surface area (Å²) in [4.78, 5) is 23.3. The van der Waals surface area contributed by atoms with Crippen molar-refractivity contribution < 1.29 is 14.0 Å². The second kappa shape index (κ2) is 7.54. The van der Waals surface area contributed by atoms with Crippen molar-refractivity contribution in [2.45, 2.75) is 38.4 Å². The third-order valence-electron chi connectivity index (χ3n) is 5.18. The van der Waals surface area contributed by atoms with Gasteiger partial charge in [-0.25, -0.2) is 8.91 Å². The highest BCUT2D eigenvalue weighted by molar-refractivity contribution is 6.02. The summed E-state index contributed by atoms with van der Waals surface area (Å²) in [6.07, 6.45) is 4.26. The molecule has 0 bridgehead atoms. The molecule has 1 saturated carbocycles. The zero-order valence-corrected chi connectivity index (χ0v) is 16.0. The molecule has 0 unspecified atom stereocenters. The van der Waals surface area contributed by atoms with Gasteiger partial charge in [0.1, 0.15) is 6.17 Å². The Bertz CT molecular complexity index is 1090. The number of carbonyl (C=O) groups excluding carboxylic acids is 2. The van der Waals surface area contributed by atoms with Gasteiger partial charge in [0.05, 0.1) is 29.0 Å². The first-order valence-electron chi connectivity index (χ1n) is 9.52. The number of nitrogens with zero attached hydrogens (tertiary/aromatic N) is 2. The molecule has 2 aromatic heterocycles. The first-order chi connectivity index (χ1) is 13.9. The fourth-order valence-corrected chi connectivity index (χ4v) is 3.80. The average Bonchev–Trinajstić information content (AvgIpc) is 3.28. The normalized spacial score (nSPS) is 18.7. The summed E-state index contributed by atoms with van der Waals surface area (Å²) < 4.78 is 15.8. The van der Waals surface area contributed by atoms with E-state index >= 15 is 0 Å². The molecule has 1 aromatic carbocycles. The van der Waals surface area contributed by atoms with Crippen LogP contribution in [0.5, 0.6) is 0 Å². The standard InChI is InChI=1S/C21H22FN5O2/c1-12(28)25-15-5-2-4-13(8-15)14-9-19-20(26-18-7-3-6-17(18)22)16(21(23)29)10-24-27(19)11-14/h2,4-5,8-11,17-18,26H,3,6-7H2,1H3,(H2,23,29)(H,25,28)/t17-,18+/m0/s1. The van der Waals surface area contributed by atoms with Gasteiger partial charge in [0, 0.05) is 24.4 Å². The van der Waals surface area contributed by atoms with Crippen LogP contribution in [0.4, 0.5) is 15.8 Å². The molecule has 0 spiro atoms. The maximum Gasteiger partial charge on any atom is 0.252 e. The predicted octanol–water partition coefficient (Wildman–Crippen LogP) is 3.36. The van der Waals surface area contributed by atoms with Crippen molar-refractivity contribution in [2.24, 2.45) is 5.73 Å². The van der Waals surface area contributed by atoms with E-state index in [0.717, 1.165) is 17.5 Å². The number of amides is 2. The topological polar surface area (TPSA) is 102 Å². The largest absolute Gasteiger partial charge is 0.377 e. The molecule has 1 fully saturated rings. The van der Waals surface area contributed by atoms with E-state index < -0.39 is 12.1 Å². The van der Waals surface area contributed by atoms with Crippen LogP contribution in [0.25, 0.3) is 16.6 Å². The molecule has 1 aliphatic carbocycles. The Kier molecular flexibility index (Phi) is 4.92. The molecule has 4 N–H and O–H groups in total. The molecule has 2 amide bonds. The lowest BCUT2D eigenvalue weighted by molar-refractivity contribution is -0.114. The molecule has 8 heteroatoms. The second-order valence-corrected chi connectivity index (χ2v) is 7.32. The summed E-state index contributed by atoms with van der Waals surface area (Å²) in [5.41, 5.74) is 9.30. The summed E-state index contributed by atoms with van der Waals surface area (Å²) in [6.45, 7) is 1.45. The Hall–Kier alpha value is -3.42. The van der Waals surface area contributed by atoms with Gasteiger partial charge in [-0.15, -0.1) is 0 Å². The Balaban J connectivity index is 1.78. The van der Waals surface area contributed by atoms with E-state index in [-0.39, 0.29) is 17.5 Å². The van der Waals surface area contributed by atoms with Crippen molar-refractivity contribution in [1.29, 1.82) is 0 Å². The van der Waals surface area contributed by atoms with Gasteiger partial charge >= 0.3 is 0 Å². The maximum atomic E-state index is 14.2. The Morgan fingerprint density at radius 3 is 2.76 bits per heavy atom. The number of rotatable bonds is 5. The molecule has 0 saturated heterocycles. The fourth-order valence-electron chi connectivity index (χ4n) is 3.80. The summed E-state index contributed by atoms with van der Waals surface area (Å²) in [5, 5.41) is 10.2. The number of fused-ring (bicyclic) bond motifs is 1. The molecule has 2 heterocycles. The third kappa shape index (κ3) is 3.78. The lowest BCUT2D eigenvalue weighted by Crippen LogP contribution is -2.27. The highest BCUT2D eigenvalue weighted by Crippen LogP contribution is 2.32. The van der Waals surface area contributed by atoms with Crippen LogP contribution in [0, 0.1) is 0 Å². The lowest BCUT2D eigenvalue weighted by Gasteiger charge is -2.19. The summed E-state index contributed by atoms with van der Waals surface area (Å²) >= 11 is 0. The maximum absolute atomic E-state index is 14.2. The van der Waals surface area contributed by atoms with Crippen LogP contribution in [0.15, 0.2) is 42.7 Å². The second-order valence-electron chi connectivity index (χ2n) is 7.32. The molecule has 4 rings (SSSR count). The van der Waals surface area contributed by atoms with Crippen LogP contribution in [-0.4, -0.2) is 33.6 Å². The van der Waals surface area contributed by atoms with Crippen molar-refractivity contribution in [3.8, 4) is 11.1 Å². The fraction of sp³-hybridized carbons (Fsp3) is 0.286. The number of anilines is 2. The molecule has 7 nitrogen and oxygen atoms in total. The van der Waals surface area contributed by atoms with Crippen LogP contribution in [0.3, 0.4) is 0 Å². The van der Waals surface area contributed by atoms with Crippen LogP contribution in [-0.2, 0) is 4.79 Å². The molecule has 3 aromatic rings. The average molecular weight is 395 g/mol. The number of aromatic nitrogens is 2. The quantitative estimate of drug-likeness (QED) is 0.616. The number of carbonyl (C=O) groups is 2. The van der Waals surface area contributed by atoms with E-state index in [0.29, 0.717) is 29.7 Å². The molecule has 2 atom stereocenters. The lowest BCUT2D eigenvalue weighted by atomic mass is 10.1. The molecule has 150 valence electrons. The minimum atomic E-state index is -0.965. The number of hydrogen-bond donors (Lipinski definition) is 3. The van der Waals surface area contributed by atoms with Crippen LogP contribution in [0.1, 0.15) is 36.5 Å². The number of alkyl halides is 1. The van der Waals surface area contributed by atoms with Crippen molar-refractivity contribution >= 4 is 28.7 Å². The van der Waals surface area contributed by atoms with Crippen LogP contribution < -0.4 is 16.4 Å². The van der Waals surface area contributed by atoms with Crippen LogP contribution >= 0.6 is 0 Å². The third-order valence-corrected chi connectivity index (χ3v) is 5.18. The SMILES string of the molecule is CC(=O)Nc1cccc(-c2cc3c(N[C@@H]4CCC[C@@H]4F)c(C(N)=O)cnn3c2)c1. The minimum Gasteiger partial charge on any atom is -0.377 e. The van der Waals surface area contributed by atoms with Gasteiger partial charge in [0.15, 0.2) is 0 Å². The van der Waals surface area contributed by atoms with E-state index in [1.807, 2.05) is 30.5 Å². The molecule has 1 aliphatic rings. The van der Waals surface area contributed by atoms with E-state index in [2.05, 4.69) is 15.7 Å². The Morgan fingerprint density at radius 2 is 2.07 bits per heavy atom. The number of primary amides is 1. The van der Waals surface area contributed by atoms with E-state index in [1.165, 1.54) is 13.1 Å². The highest BCUT2D eigenvalue weighted by Gasteiger charge is 2.29.